The Labute approximate surface area is 171 Å². The SMILES string of the molecule is CC1=CN=C2SC(c3ccc4c(c3)NC(=O)CO4)C(c3ccc(Cl)cc3)N[N+]12. The molecule has 0 bridgehead atoms. The summed E-state index contributed by atoms with van der Waals surface area (Å²) < 4.78 is 5.50. The zero-order chi connectivity index (χ0) is 19.3. The van der Waals surface area contributed by atoms with Gasteiger partial charge in [-0.1, -0.05) is 35.2 Å². The van der Waals surface area contributed by atoms with E-state index < -0.39 is 0 Å². The molecule has 0 aromatic heterocycles. The Kier molecular flexibility index (Phi) is 4.40. The summed E-state index contributed by atoms with van der Waals surface area (Å²) >= 11 is 7.78. The topological polar surface area (TPSA) is 68.6 Å². The van der Waals surface area contributed by atoms with Crippen molar-refractivity contribution in [3.05, 3.63) is 70.5 Å². The minimum atomic E-state index is -0.139. The third-order valence-corrected chi connectivity index (χ3v) is 6.45. The number of hydrogen-bond acceptors (Lipinski definition) is 6. The first kappa shape index (κ1) is 17.8. The van der Waals surface area contributed by atoms with Crippen LogP contribution in [0, 0.1) is 0 Å². The fourth-order valence-electron chi connectivity index (χ4n) is 3.50. The van der Waals surface area contributed by atoms with Crippen LogP contribution in [0.1, 0.15) is 29.3 Å². The van der Waals surface area contributed by atoms with Gasteiger partial charge < -0.3 is 10.1 Å². The number of thioether (sulfide) groups is 1. The van der Waals surface area contributed by atoms with Crippen LogP contribution in [0.5, 0.6) is 5.75 Å². The molecule has 3 heterocycles. The van der Waals surface area contributed by atoms with E-state index >= 15 is 0 Å². The lowest BCUT2D eigenvalue weighted by Crippen LogP contribution is -2.51. The predicted molar refractivity (Wildman–Crippen MR) is 112 cm³/mol. The summed E-state index contributed by atoms with van der Waals surface area (Å²) in [6.07, 6.45) is 1.86. The van der Waals surface area contributed by atoms with Gasteiger partial charge in [-0.2, -0.15) is 4.99 Å². The Morgan fingerprint density at radius 2 is 2.00 bits per heavy atom. The predicted octanol–water partition coefficient (Wildman–Crippen LogP) is 4.08. The van der Waals surface area contributed by atoms with Crippen molar-refractivity contribution in [3.8, 4) is 5.75 Å². The summed E-state index contributed by atoms with van der Waals surface area (Å²) in [7, 11) is 0. The third-order valence-electron chi connectivity index (χ3n) is 4.90. The first-order chi connectivity index (χ1) is 13.6. The van der Waals surface area contributed by atoms with Gasteiger partial charge in [-0.05, 0) is 47.2 Å². The van der Waals surface area contributed by atoms with Crippen LogP contribution < -0.4 is 20.5 Å². The molecule has 6 nitrogen and oxygen atoms in total. The number of carbonyl (C=O) groups excluding carboxylic acids is 1. The molecule has 2 atom stereocenters. The highest BCUT2D eigenvalue weighted by Crippen LogP contribution is 2.47. The van der Waals surface area contributed by atoms with Crippen molar-refractivity contribution < 1.29 is 9.53 Å². The molecule has 0 spiro atoms. The first-order valence-corrected chi connectivity index (χ1v) is 10.1. The summed E-state index contributed by atoms with van der Waals surface area (Å²) in [5.41, 5.74) is 7.54. The zero-order valence-corrected chi connectivity index (χ0v) is 16.6. The quantitative estimate of drug-likeness (QED) is 0.729. The zero-order valence-electron chi connectivity index (χ0n) is 15.0. The monoisotopic (exact) mass is 412 g/mol. The molecule has 0 aliphatic carbocycles. The van der Waals surface area contributed by atoms with Crippen molar-refractivity contribution in [2.24, 2.45) is 4.99 Å². The van der Waals surface area contributed by atoms with Crippen LogP contribution in [0.25, 0.3) is 0 Å². The lowest BCUT2D eigenvalue weighted by Gasteiger charge is -2.31. The minimum absolute atomic E-state index is 0.000858. The third kappa shape index (κ3) is 3.10. The Balaban J connectivity index is 1.54. The summed E-state index contributed by atoms with van der Waals surface area (Å²) in [5, 5.41) is 6.58. The van der Waals surface area contributed by atoms with Crippen molar-refractivity contribution in [2.75, 3.05) is 11.9 Å². The number of amides is 1. The van der Waals surface area contributed by atoms with Crippen molar-refractivity contribution in [1.82, 2.24) is 10.4 Å². The number of nitrogens with zero attached hydrogens (tertiary/aromatic N) is 2. The van der Waals surface area contributed by atoms with Crippen LogP contribution in [0.15, 0.2) is 59.4 Å². The van der Waals surface area contributed by atoms with E-state index in [2.05, 4.69) is 15.7 Å². The van der Waals surface area contributed by atoms with Crippen molar-refractivity contribution >= 4 is 40.1 Å². The number of ether oxygens (including phenoxy) is 1. The van der Waals surface area contributed by atoms with E-state index in [-0.39, 0.29) is 23.8 Å². The fourth-order valence-corrected chi connectivity index (χ4v) is 4.91. The van der Waals surface area contributed by atoms with E-state index in [1.54, 1.807) is 11.8 Å². The molecular weight excluding hydrogens is 396 g/mol. The number of aliphatic imine (C=N–C) groups is 1. The van der Waals surface area contributed by atoms with Crippen LogP contribution in [0.4, 0.5) is 5.69 Å². The second-order valence-electron chi connectivity index (χ2n) is 6.81. The summed E-state index contributed by atoms with van der Waals surface area (Å²) in [6, 6.07) is 13.8. The molecule has 3 aliphatic rings. The second-order valence-corrected chi connectivity index (χ2v) is 8.35. The van der Waals surface area contributed by atoms with Crippen LogP contribution >= 0.6 is 23.4 Å². The number of anilines is 1. The Morgan fingerprint density at radius 1 is 1.21 bits per heavy atom. The summed E-state index contributed by atoms with van der Waals surface area (Å²) in [4.78, 5) is 16.2. The smallest absolute Gasteiger partial charge is 0.341 e. The Bertz CT molecular complexity index is 1020. The molecule has 1 radical (unpaired) electrons. The van der Waals surface area contributed by atoms with Gasteiger partial charge in [-0.3, -0.25) is 4.79 Å². The fraction of sp³-hybridized carbons (Fsp3) is 0.200. The molecule has 28 heavy (non-hydrogen) atoms. The molecule has 1 fully saturated rings. The number of nitrogens with one attached hydrogen (secondary N) is 2. The number of amidine groups is 1. The highest BCUT2D eigenvalue weighted by atomic mass is 35.5. The molecule has 5 rings (SSSR count). The summed E-state index contributed by atoms with van der Waals surface area (Å²) in [6.45, 7) is 2.07. The molecular formula is C20H17ClN4O2S+. The lowest BCUT2D eigenvalue weighted by atomic mass is 9.97. The van der Waals surface area contributed by atoms with E-state index in [9.17, 15) is 4.79 Å². The maximum absolute atomic E-state index is 11.7. The minimum Gasteiger partial charge on any atom is -0.482 e. The van der Waals surface area contributed by atoms with E-state index in [0.717, 1.165) is 22.0 Å². The van der Waals surface area contributed by atoms with Crippen LogP contribution in [0.3, 0.4) is 0 Å². The van der Waals surface area contributed by atoms with Crippen LogP contribution in [-0.2, 0) is 4.79 Å². The molecule has 0 saturated carbocycles. The number of fused-ring (bicyclic) bond motifs is 2. The highest BCUT2D eigenvalue weighted by Gasteiger charge is 2.46. The van der Waals surface area contributed by atoms with Gasteiger partial charge >= 0.3 is 5.17 Å². The normalized spacial score (nSPS) is 23.9. The van der Waals surface area contributed by atoms with E-state index in [1.807, 2.05) is 60.6 Å². The maximum atomic E-state index is 11.7. The average molecular weight is 413 g/mol. The van der Waals surface area contributed by atoms with Gasteiger partial charge in [-0.15, -0.1) is 0 Å². The van der Waals surface area contributed by atoms with E-state index in [0.29, 0.717) is 16.5 Å². The number of halogens is 1. The van der Waals surface area contributed by atoms with Crippen molar-refractivity contribution in [3.63, 3.8) is 0 Å². The summed E-state index contributed by atoms with van der Waals surface area (Å²) in [5.74, 6) is 0.553. The van der Waals surface area contributed by atoms with E-state index in [4.69, 9.17) is 16.3 Å². The van der Waals surface area contributed by atoms with Crippen molar-refractivity contribution in [1.29, 1.82) is 0 Å². The molecule has 3 aliphatic heterocycles. The van der Waals surface area contributed by atoms with Gasteiger partial charge in [0.1, 0.15) is 11.8 Å². The van der Waals surface area contributed by atoms with Gasteiger partial charge in [0, 0.05) is 17.0 Å². The van der Waals surface area contributed by atoms with Gasteiger partial charge in [0.2, 0.25) is 5.70 Å². The number of hydrazine groups is 1. The molecule has 2 aromatic rings. The Morgan fingerprint density at radius 3 is 2.82 bits per heavy atom. The maximum Gasteiger partial charge on any atom is 0.341 e. The number of carbonyl (C=O) groups is 1. The van der Waals surface area contributed by atoms with Gasteiger partial charge in [0.05, 0.1) is 17.1 Å². The first-order valence-electron chi connectivity index (χ1n) is 8.88. The standard InChI is InChI=1S/C20H17ClN4O2S/c1-11-9-22-20-25(11)24-18(12-2-5-14(21)6-3-12)19(28-20)13-4-7-16-15(8-13)23-17(26)10-27-16/h2-9,18-19,24H,10H2,1H3,(H,23,26)/q+1. The number of allylic oxidation sites excluding steroid dienone is 1. The van der Waals surface area contributed by atoms with Gasteiger partial charge in [0.15, 0.2) is 6.61 Å². The van der Waals surface area contributed by atoms with Gasteiger partial charge in [0.25, 0.3) is 5.91 Å². The molecule has 8 heteroatoms. The lowest BCUT2D eigenvalue weighted by molar-refractivity contribution is -0.118. The average Bonchev–Trinajstić information content (AvgIpc) is 3.07. The second kappa shape index (κ2) is 6.93. The van der Waals surface area contributed by atoms with E-state index in [1.165, 1.54) is 0 Å². The molecule has 2 aromatic carbocycles. The molecule has 2 N–H and O–H groups in total. The number of hydrogen-bond donors (Lipinski definition) is 2. The molecule has 1 amide bonds. The largest absolute Gasteiger partial charge is 0.482 e. The highest BCUT2D eigenvalue weighted by molar-refractivity contribution is 8.14. The molecule has 141 valence electrons. The van der Waals surface area contributed by atoms with Gasteiger partial charge in [-0.25, -0.2) is 0 Å². The van der Waals surface area contributed by atoms with Crippen molar-refractivity contribution in [2.45, 2.75) is 18.2 Å². The van der Waals surface area contributed by atoms with Crippen LogP contribution in [-0.4, -0.2) is 17.7 Å². The molecule has 2 unspecified atom stereocenters. The molecule has 1 saturated heterocycles. The Hall–Kier alpha value is -2.32. The number of benzene rings is 2. The number of rotatable bonds is 2. The van der Waals surface area contributed by atoms with Crippen LogP contribution in [0.2, 0.25) is 5.02 Å².